The average molecular weight is 435 g/mol. The van der Waals surface area contributed by atoms with Gasteiger partial charge >= 0.3 is 0 Å². The molecule has 0 N–H and O–H groups in total. The van der Waals surface area contributed by atoms with Crippen LogP contribution in [-0.4, -0.2) is 58.2 Å². The predicted molar refractivity (Wildman–Crippen MR) is 130 cm³/mol. The Hall–Kier alpha value is -2.40. The van der Waals surface area contributed by atoms with Crippen molar-refractivity contribution in [2.24, 2.45) is 18.9 Å². The summed E-state index contributed by atoms with van der Waals surface area (Å²) in [4.78, 5) is 18.1. The number of piperidine rings is 1. The molecule has 0 spiro atoms. The molecule has 1 aromatic heterocycles. The SMILES string of the molecule is Cc1cc(C(=O)N(C)[C@H](Cc2ccccc2)C2CCN(C[C@H]3CC=CCC3)CC2)n(C)n1. The third-order valence-corrected chi connectivity index (χ3v) is 7.40. The Balaban J connectivity index is 1.45. The van der Waals surface area contributed by atoms with E-state index in [1.165, 1.54) is 31.4 Å². The van der Waals surface area contributed by atoms with Crippen molar-refractivity contribution in [3.8, 4) is 0 Å². The summed E-state index contributed by atoms with van der Waals surface area (Å²) >= 11 is 0. The molecule has 4 rings (SSSR count). The van der Waals surface area contributed by atoms with Crippen LogP contribution < -0.4 is 0 Å². The molecular formula is C27H38N4O. The lowest BCUT2D eigenvalue weighted by Gasteiger charge is -2.41. The van der Waals surface area contributed by atoms with Crippen LogP contribution in [0.2, 0.25) is 0 Å². The summed E-state index contributed by atoms with van der Waals surface area (Å²) in [5.41, 5.74) is 2.86. The highest BCUT2D eigenvalue weighted by Crippen LogP contribution is 2.29. The second kappa shape index (κ2) is 10.5. The third kappa shape index (κ3) is 5.50. The van der Waals surface area contributed by atoms with Gasteiger partial charge in [-0.15, -0.1) is 0 Å². The van der Waals surface area contributed by atoms with Crippen molar-refractivity contribution in [3.05, 3.63) is 65.5 Å². The average Bonchev–Trinajstić information content (AvgIpc) is 3.16. The van der Waals surface area contributed by atoms with E-state index in [-0.39, 0.29) is 11.9 Å². The van der Waals surface area contributed by atoms with Crippen LogP contribution in [0.25, 0.3) is 0 Å². The Bertz CT molecular complexity index is 911. The molecule has 172 valence electrons. The summed E-state index contributed by atoms with van der Waals surface area (Å²) < 4.78 is 1.72. The number of likely N-dealkylation sites (tertiary alicyclic amines) is 1. The zero-order valence-corrected chi connectivity index (χ0v) is 19.9. The number of carbonyl (C=O) groups is 1. The maximum Gasteiger partial charge on any atom is 0.272 e. The van der Waals surface area contributed by atoms with Crippen LogP contribution >= 0.6 is 0 Å². The highest BCUT2D eigenvalue weighted by molar-refractivity contribution is 5.92. The predicted octanol–water partition coefficient (Wildman–Crippen LogP) is 4.48. The number of hydrogen-bond donors (Lipinski definition) is 0. The number of likely N-dealkylation sites (N-methyl/N-ethyl adjacent to an activating group) is 1. The van der Waals surface area contributed by atoms with Gasteiger partial charge in [0, 0.05) is 26.7 Å². The monoisotopic (exact) mass is 434 g/mol. The van der Waals surface area contributed by atoms with Gasteiger partial charge in [-0.1, -0.05) is 42.5 Å². The Labute approximate surface area is 193 Å². The molecule has 5 nitrogen and oxygen atoms in total. The number of benzene rings is 1. The number of aromatic nitrogens is 2. The summed E-state index contributed by atoms with van der Waals surface area (Å²) in [6.07, 6.45) is 11.7. The van der Waals surface area contributed by atoms with Crippen LogP contribution in [0.15, 0.2) is 48.6 Å². The van der Waals surface area contributed by atoms with Crippen molar-refractivity contribution in [2.45, 2.75) is 51.5 Å². The second-order valence-corrected chi connectivity index (χ2v) is 9.76. The maximum atomic E-state index is 13.4. The molecular weight excluding hydrogens is 396 g/mol. The number of rotatable bonds is 7. The number of allylic oxidation sites excluding steroid dienone is 2. The number of hydrogen-bond acceptors (Lipinski definition) is 3. The molecule has 1 aliphatic heterocycles. The highest BCUT2D eigenvalue weighted by Gasteiger charge is 2.33. The fourth-order valence-corrected chi connectivity index (χ4v) is 5.53. The van der Waals surface area contributed by atoms with Gasteiger partial charge in [-0.05, 0) is 82.0 Å². The van der Waals surface area contributed by atoms with Crippen molar-refractivity contribution in [1.82, 2.24) is 19.6 Å². The first-order chi connectivity index (χ1) is 15.5. The molecule has 0 bridgehead atoms. The summed E-state index contributed by atoms with van der Waals surface area (Å²) in [6, 6.07) is 12.7. The van der Waals surface area contributed by atoms with Gasteiger partial charge in [-0.3, -0.25) is 9.48 Å². The number of amides is 1. The molecule has 1 aromatic carbocycles. The molecule has 2 heterocycles. The highest BCUT2D eigenvalue weighted by atomic mass is 16.2. The van der Waals surface area contributed by atoms with E-state index in [4.69, 9.17) is 0 Å². The minimum Gasteiger partial charge on any atom is -0.337 e. The molecule has 2 aliphatic rings. The summed E-state index contributed by atoms with van der Waals surface area (Å²) in [7, 11) is 3.85. The third-order valence-electron chi connectivity index (χ3n) is 7.40. The van der Waals surface area contributed by atoms with Gasteiger partial charge in [0.05, 0.1) is 5.69 Å². The fourth-order valence-electron chi connectivity index (χ4n) is 5.53. The minimum atomic E-state index is 0.0745. The van der Waals surface area contributed by atoms with Gasteiger partial charge in [-0.25, -0.2) is 0 Å². The van der Waals surface area contributed by atoms with Crippen LogP contribution in [0.4, 0.5) is 0 Å². The van der Waals surface area contributed by atoms with Crippen molar-refractivity contribution in [2.75, 3.05) is 26.7 Å². The second-order valence-electron chi connectivity index (χ2n) is 9.76. The van der Waals surface area contributed by atoms with E-state index in [9.17, 15) is 4.79 Å². The van der Waals surface area contributed by atoms with Gasteiger partial charge in [0.1, 0.15) is 5.69 Å². The molecule has 2 atom stereocenters. The molecule has 1 amide bonds. The zero-order valence-electron chi connectivity index (χ0n) is 19.9. The lowest BCUT2D eigenvalue weighted by Crippen LogP contribution is -2.48. The molecule has 2 aromatic rings. The van der Waals surface area contributed by atoms with Crippen molar-refractivity contribution < 1.29 is 4.79 Å². The number of carbonyl (C=O) groups excluding carboxylic acids is 1. The fraction of sp³-hybridized carbons (Fsp3) is 0.556. The van der Waals surface area contributed by atoms with E-state index in [0.29, 0.717) is 11.6 Å². The zero-order chi connectivity index (χ0) is 22.5. The molecule has 5 heteroatoms. The van der Waals surface area contributed by atoms with Crippen LogP contribution in [-0.2, 0) is 13.5 Å². The quantitative estimate of drug-likeness (QED) is 0.604. The van der Waals surface area contributed by atoms with Gasteiger partial charge in [-0.2, -0.15) is 5.10 Å². The first kappa shape index (κ1) is 22.8. The molecule has 1 aliphatic carbocycles. The Kier molecular flexibility index (Phi) is 7.46. The van der Waals surface area contributed by atoms with E-state index in [1.807, 2.05) is 32.0 Å². The molecule has 0 radical (unpaired) electrons. The van der Waals surface area contributed by atoms with E-state index >= 15 is 0 Å². The Morgan fingerprint density at radius 2 is 1.91 bits per heavy atom. The summed E-state index contributed by atoms with van der Waals surface area (Å²) in [5.74, 6) is 1.40. The number of nitrogens with zero attached hydrogens (tertiary/aromatic N) is 4. The van der Waals surface area contributed by atoms with Crippen LogP contribution in [0.5, 0.6) is 0 Å². The van der Waals surface area contributed by atoms with Crippen molar-refractivity contribution in [3.63, 3.8) is 0 Å². The lowest BCUT2D eigenvalue weighted by molar-refractivity contribution is 0.0566. The summed E-state index contributed by atoms with van der Waals surface area (Å²) in [5, 5.41) is 4.39. The van der Waals surface area contributed by atoms with E-state index in [1.54, 1.807) is 4.68 Å². The number of aryl methyl sites for hydroxylation is 2. The van der Waals surface area contributed by atoms with Crippen LogP contribution in [0.3, 0.4) is 0 Å². The van der Waals surface area contributed by atoms with Gasteiger partial charge in [0.2, 0.25) is 0 Å². The van der Waals surface area contributed by atoms with Crippen molar-refractivity contribution in [1.29, 1.82) is 0 Å². The normalized spacial score (nSPS) is 20.9. The maximum absolute atomic E-state index is 13.4. The molecule has 0 saturated carbocycles. The van der Waals surface area contributed by atoms with E-state index in [0.717, 1.165) is 44.0 Å². The molecule has 1 fully saturated rings. The molecule has 1 saturated heterocycles. The minimum absolute atomic E-state index is 0.0745. The standard InChI is InChI=1S/C27H38N4O/c1-21-18-26(30(3)28-21)27(32)29(2)25(19-22-10-6-4-7-11-22)24-14-16-31(17-15-24)20-23-12-8-5-9-13-23/h4-8,10-11,18,23-25H,9,12-17,19-20H2,1-3H3/t23-,25+/m0/s1. The Morgan fingerprint density at radius 1 is 1.16 bits per heavy atom. The summed E-state index contributed by atoms with van der Waals surface area (Å²) in [6.45, 7) is 5.45. The van der Waals surface area contributed by atoms with Gasteiger partial charge in [0.25, 0.3) is 5.91 Å². The molecule has 32 heavy (non-hydrogen) atoms. The van der Waals surface area contributed by atoms with Crippen LogP contribution in [0.1, 0.15) is 53.8 Å². The Morgan fingerprint density at radius 3 is 2.53 bits per heavy atom. The smallest absolute Gasteiger partial charge is 0.272 e. The van der Waals surface area contributed by atoms with E-state index in [2.05, 4.69) is 52.5 Å². The first-order valence-electron chi connectivity index (χ1n) is 12.2. The van der Waals surface area contributed by atoms with Crippen LogP contribution in [0, 0.1) is 18.8 Å². The van der Waals surface area contributed by atoms with Gasteiger partial charge in [0.15, 0.2) is 0 Å². The first-order valence-corrected chi connectivity index (χ1v) is 12.2. The lowest BCUT2D eigenvalue weighted by atomic mass is 9.84. The van der Waals surface area contributed by atoms with E-state index < -0.39 is 0 Å². The van der Waals surface area contributed by atoms with Gasteiger partial charge < -0.3 is 9.80 Å². The largest absolute Gasteiger partial charge is 0.337 e. The van der Waals surface area contributed by atoms with Crippen molar-refractivity contribution >= 4 is 5.91 Å². The topological polar surface area (TPSA) is 41.4 Å². The molecule has 0 unspecified atom stereocenters.